The summed E-state index contributed by atoms with van der Waals surface area (Å²) in [4.78, 5) is 36.2. The topological polar surface area (TPSA) is 109 Å². The summed E-state index contributed by atoms with van der Waals surface area (Å²) in [5, 5.41) is 5.41. The molecule has 134 valence electrons. The lowest BCUT2D eigenvalue weighted by atomic mass is 10.0. The molecule has 1 saturated heterocycles. The van der Waals surface area contributed by atoms with Gasteiger partial charge in [-0.2, -0.15) is 0 Å². The predicted molar refractivity (Wildman–Crippen MR) is 91.9 cm³/mol. The molecule has 1 aromatic carbocycles. The van der Waals surface area contributed by atoms with Crippen LogP contribution in [0.4, 0.5) is 5.69 Å². The molecule has 1 unspecified atom stereocenters. The standard InChI is InChI=1S/C17H20N2O5S/c1-11(20)12-2-4-13(5-3-12)18-15(21)17(7-8-17)16(22)19-14-6-9-25(23,24)10-14/h2-5,14H,6-10H2,1H3,(H,18,21)(H,19,22). The van der Waals surface area contributed by atoms with E-state index in [4.69, 9.17) is 0 Å². The number of hydrogen-bond acceptors (Lipinski definition) is 5. The quantitative estimate of drug-likeness (QED) is 0.596. The molecule has 2 N–H and O–H groups in total. The smallest absolute Gasteiger partial charge is 0.240 e. The van der Waals surface area contributed by atoms with Gasteiger partial charge in [-0.15, -0.1) is 0 Å². The van der Waals surface area contributed by atoms with Crippen molar-refractivity contribution in [3.05, 3.63) is 29.8 Å². The highest BCUT2D eigenvalue weighted by Crippen LogP contribution is 2.47. The largest absolute Gasteiger partial charge is 0.351 e. The number of benzene rings is 1. The van der Waals surface area contributed by atoms with Crippen LogP contribution in [-0.4, -0.2) is 43.6 Å². The molecule has 3 rings (SSSR count). The second-order valence-electron chi connectivity index (χ2n) is 6.74. The molecule has 1 saturated carbocycles. The summed E-state index contributed by atoms with van der Waals surface area (Å²) in [6.07, 6.45) is 1.27. The molecule has 0 aromatic heterocycles. The first kappa shape index (κ1) is 17.6. The zero-order valence-corrected chi connectivity index (χ0v) is 14.7. The highest BCUT2D eigenvalue weighted by Gasteiger charge is 2.57. The van der Waals surface area contributed by atoms with Gasteiger partial charge in [0.2, 0.25) is 11.8 Å². The fourth-order valence-electron chi connectivity index (χ4n) is 2.95. The molecular weight excluding hydrogens is 344 g/mol. The Hall–Kier alpha value is -2.22. The van der Waals surface area contributed by atoms with E-state index in [1.54, 1.807) is 24.3 Å². The Labute approximate surface area is 146 Å². The van der Waals surface area contributed by atoms with Gasteiger partial charge in [-0.1, -0.05) is 0 Å². The predicted octanol–water partition coefficient (Wildman–Crippen LogP) is 0.911. The lowest BCUT2D eigenvalue weighted by Gasteiger charge is -2.18. The molecule has 2 fully saturated rings. The van der Waals surface area contributed by atoms with Crippen LogP contribution in [0.1, 0.15) is 36.5 Å². The number of anilines is 1. The molecule has 0 bridgehead atoms. The van der Waals surface area contributed by atoms with Crippen LogP contribution in [0.25, 0.3) is 0 Å². The molecule has 2 aliphatic rings. The average molecular weight is 364 g/mol. The van der Waals surface area contributed by atoms with Gasteiger partial charge in [0.05, 0.1) is 11.5 Å². The second kappa shape index (κ2) is 6.25. The fourth-order valence-corrected chi connectivity index (χ4v) is 4.63. The summed E-state index contributed by atoms with van der Waals surface area (Å²) < 4.78 is 23.0. The van der Waals surface area contributed by atoms with Gasteiger partial charge in [-0.05, 0) is 50.5 Å². The van der Waals surface area contributed by atoms with E-state index in [9.17, 15) is 22.8 Å². The van der Waals surface area contributed by atoms with Gasteiger partial charge in [0.1, 0.15) is 5.41 Å². The minimum Gasteiger partial charge on any atom is -0.351 e. The zero-order chi connectivity index (χ0) is 18.2. The van der Waals surface area contributed by atoms with Crippen molar-refractivity contribution < 1.29 is 22.8 Å². The Balaban J connectivity index is 1.63. The lowest BCUT2D eigenvalue weighted by Crippen LogP contribution is -2.45. The first-order valence-electron chi connectivity index (χ1n) is 8.16. The molecule has 1 aromatic rings. The van der Waals surface area contributed by atoms with E-state index >= 15 is 0 Å². The molecule has 1 aliphatic heterocycles. The van der Waals surface area contributed by atoms with E-state index < -0.39 is 33.1 Å². The maximum atomic E-state index is 12.5. The molecule has 25 heavy (non-hydrogen) atoms. The maximum Gasteiger partial charge on any atom is 0.240 e. The Morgan fingerprint density at radius 2 is 1.72 bits per heavy atom. The van der Waals surface area contributed by atoms with E-state index in [0.29, 0.717) is 30.5 Å². The van der Waals surface area contributed by atoms with Crippen LogP contribution in [0.15, 0.2) is 24.3 Å². The number of hydrogen-bond donors (Lipinski definition) is 2. The minimum atomic E-state index is -3.09. The summed E-state index contributed by atoms with van der Waals surface area (Å²) >= 11 is 0. The van der Waals surface area contributed by atoms with Gasteiger partial charge in [-0.25, -0.2) is 8.42 Å². The van der Waals surface area contributed by atoms with Gasteiger partial charge < -0.3 is 10.6 Å². The Kier molecular flexibility index (Phi) is 4.40. The molecule has 1 aliphatic carbocycles. The van der Waals surface area contributed by atoms with E-state index in [2.05, 4.69) is 10.6 Å². The van der Waals surface area contributed by atoms with Crippen LogP contribution in [0, 0.1) is 5.41 Å². The number of Topliss-reactive ketones (excluding diaryl/α,β-unsaturated/α-hetero) is 1. The van der Waals surface area contributed by atoms with Crippen molar-refractivity contribution in [3.8, 4) is 0 Å². The molecule has 0 spiro atoms. The van der Waals surface area contributed by atoms with E-state index in [1.165, 1.54) is 6.92 Å². The van der Waals surface area contributed by atoms with Crippen LogP contribution in [0.3, 0.4) is 0 Å². The van der Waals surface area contributed by atoms with Gasteiger partial charge >= 0.3 is 0 Å². The molecule has 0 radical (unpaired) electrons. The Morgan fingerprint density at radius 1 is 1.08 bits per heavy atom. The van der Waals surface area contributed by atoms with Crippen LogP contribution >= 0.6 is 0 Å². The fraction of sp³-hybridized carbons (Fsp3) is 0.471. The number of nitrogens with one attached hydrogen (secondary N) is 2. The maximum absolute atomic E-state index is 12.5. The average Bonchev–Trinajstić information content (AvgIpc) is 3.28. The van der Waals surface area contributed by atoms with Gasteiger partial charge in [0.15, 0.2) is 15.6 Å². The molecule has 1 atom stereocenters. The Bertz CT molecular complexity index is 825. The van der Waals surface area contributed by atoms with Gasteiger partial charge in [0, 0.05) is 17.3 Å². The molecule has 2 amide bonds. The molecule has 7 nitrogen and oxygen atoms in total. The van der Waals surface area contributed by atoms with Crippen LogP contribution < -0.4 is 10.6 Å². The number of amides is 2. The van der Waals surface area contributed by atoms with E-state index in [1.807, 2.05) is 0 Å². The number of sulfone groups is 1. The van der Waals surface area contributed by atoms with Crippen LogP contribution in [0.5, 0.6) is 0 Å². The summed E-state index contributed by atoms with van der Waals surface area (Å²) in [7, 11) is -3.09. The number of rotatable bonds is 5. The van der Waals surface area contributed by atoms with E-state index in [-0.39, 0.29) is 17.3 Å². The first-order valence-corrected chi connectivity index (χ1v) is 9.98. The van der Waals surface area contributed by atoms with Crippen molar-refractivity contribution in [2.75, 3.05) is 16.8 Å². The third-order valence-corrected chi connectivity index (χ3v) is 6.50. The Morgan fingerprint density at radius 3 is 2.20 bits per heavy atom. The van der Waals surface area contributed by atoms with Crippen molar-refractivity contribution in [3.63, 3.8) is 0 Å². The number of carbonyl (C=O) groups excluding carboxylic acids is 3. The number of carbonyl (C=O) groups is 3. The highest BCUT2D eigenvalue weighted by atomic mass is 32.2. The lowest BCUT2D eigenvalue weighted by molar-refractivity contribution is -0.134. The summed E-state index contributed by atoms with van der Waals surface area (Å²) in [5.74, 6) is -0.876. The normalized spacial score (nSPS) is 22.8. The molecular formula is C17H20N2O5S. The first-order chi connectivity index (χ1) is 11.7. The summed E-state index contributed by atoms with van der Waals surface area (Å²) in [6, 6.07) is 6.04. The third-order valence-electron chi connectivity index (χ3n) is 4.74. The van der Waals surface area contributed by atoms with Crippen LogP contribution in [-0.2, 0) is 19.4 Å². The molecule has 8 heteroatoms. The van der Waals surface area contributed by atoms with Crippen molar-refractivity contribution >= 4 is 33.1 Å². The third kappa shape index (κ3) is 3.73. The second-order valence-corrected chi connectivity index (χ2v) is 8.97. The summed E-state index contributed by atoms with van der Waals surface area (Å²) in [6.45, 7) is 1.46. The van der Waals surface area contributed by atoms with Crippen molar-refractivity contribution in [1.29, 1.82) is 0 Å². The summed E-state index contributed by atoms with van der Waals surface area (Å²) in [5.41, 5.74) is -0.0668. The van der Waals surface area contributed by atoms with Crippen molar-refractivity contribution in [1.82, 2.24) is 5.32 Å². The highest BCUT2D eigenvalue weighted by molar-refractivity contribution is 7.91. The monoisotopic (exact) mass is 364 g/mol. The van der Waals surface area contributed by atoms with Gasteiger partial charge in [0.25, 0.3) is 0 Å². The van der Waals surface area contributed by atoms with Crippen molar-refractivity contribution in [2.45, 2.75) is 32.2 Å². The van der Waals surface area contributed by atoms with Crippen LogP contribution in [0.2, 0.25) is 0 Å². The number of ketones is 1. The molecule has 1 heterocycles. The zero-order valence-electron chi connectivity index (χ0n) is 13.9. The SMILES string of the molecule is CC(=O)c1ccc(NC(=O)C2(C(=O)NC3CCS(=O)(=O)C3)CC2)cc1. The van der Waals surface area contributed by atoms with Gasteiger partial charge in [-0.3, -0.25) is 14.4 Å². The van der Waals surface area contributed by atoms with Crippen molar-refractivity contribution in [2.24, 2.45) is 5.41 Å². The minimum absolute atomic E-state index is 0.0665. The van der Waals surface area contributed by atoms with E-state index in [0.717, 1.165) is 0 Å².